The molecule has 2 aromatic rings. The fourth-order valence-electron chi connectivity index (χ4n) is 2.71. The van der Waals surface area contributed by atoms with Crippen LogP contribution < -0.4 is 15.8 Å². The molecule has 0 unspecified atom stereocenters. The Bertz CT molecular complexity index is 794. The molecule has 3 rings (SSSR count). The Kier molecular flexibility index (Phi) is 4.06. The smallest absolute Gasteiger partial charge is 0.248 e. The van der Waals surface area contributed by atoms with Gasteiger partial charge in [0.05, 0.1) is 18.0 Å². The van der Waals surface area contributed by atoms with E-state index in [2.05, 4.69) is 18.3 Å². The van der Waals surface area contributed by atoms with E-state index in [9.17, 15) is 4.79 Å². The SMILES string of the molecule is Cc1ccc2c(c1C)OCC/C2=C\C(=O)Nc1ccccc1N. The van der Waals surface area contributed by atoms with Gasteiger partial charge in [-0.3, -0.25) is 4.79 Å². The van der Waals surface area contributed by atoms with Crippen LogP contribution in [0.2, 0.25) is 0 Å². The van der Waals surface area contributed by atoms with Crippen molar-refractivity contribution in [2.45, 2.75) is 20.3 Å². The fourth-order valence-corrected chi connectivity index (χ4v) is 2.71. The predicted octanol–water partition coefficient (Wildman–Crippen LogP) is 3.69. The maximum Gasteiger partial charge on any atom is 0.248 e. The summed E-state index contributed by atoms with van der Waals surface area (Å²) in [5, 5.41) is 2.83. The minimum Gasteiger partial charge on any atom is -0.492 e. The number of amides is 1. The van der Waals surface area contributed by atoms with Gasteiger partial charge in [-0.1, -0.05) is 24.3 Å². The number of fused-ring (bicyclic) bond motifs is 1. The number of ether oxygens (including phenoxy) is 1. The van der Waals surface area contributed by atoms with Crippen LogP contribution in [0.4, 0.5) is 11.4 Å². The molecule has 118 valence electrons. The molecule has 3 N–H and O–H groups in total. The summed E-state index contributed by atoms with van der Waals surface area (Å²) in [5.41, 5.74) is 11.3. The topological polar surface area (TPSA) is 64.3 Å². The van der Waals surface area contributed by atoms with Gasteiger partial charge in [-0.2, -0.15) is 0 Å². The maximum atomic E-state index is 12.3. The molecule has 0 spiro atoms. The normalized spacial score (nSPS) is 15.0. The summed E-state index contributed by atoms with van der Waals surface area (Å²) in [6, 6.07) is 11.3. The van der Waals surface area contributed by atoms with Crippen molar-refractivity contribution < 1.29 is 9.53 Å². The van der Waals surface area contributed by atoms with Crippen molar-refractivity contribution in [1.82, 2.24) is 0 Å². The Balaban J connectivity index is 1.88. The lowest BCUT2D eigenvalue weighted by atomic mass is 9.94. The van der Waals surface area contributed by atoms with Crippen molar-refractivity contribution in [3.63, 3.8) is 0 Å². The van der Waals surface area contributed by atoms with Crippen LogP contribution >= 0.6 is 0 Å². The lowest BCUT2D eigenvalue weighted by Crippen LogP contribution is -2.14. The largest absolute Gasteiger partial charge is 0.492 e. The minimum atomic E-state index is -0.177. The molecule has 0 saturated heterocycles. The highest BCUT2D eigenvalue weighted by molar-refractivity contribution is 6.05. The Hall–Kier alpha value is -2.75. The van der Waals surface area contributed by atoms with Gasteiger partial charge in [0.2, 0.25) is 5.91 Å². The van der Waals surface area contributed by atoms with Gasteiger partial charge in [0.1, 0.15) is 5.75 Å². The van der Waals surface area contributed by atoms with Gasteiger partial charge in [-0.15, -0.1) is 0 Å². The van der Waals surface area contributed by atoms with Crippen molar-refractivity contribution in [2.75, 3.05) is 17.7 Å². The molecule has 2 aromatic carbocycles. The molecule has 0 atom stereocenters. The second-order valence-corrected chi connectivity index (χ2v) is 5.73. The Labute approximate surface area is 136 Å². The van der Waals surface area contributed by atoms with E-state index in [1.165, 1.54) is 5.56 Å². The van der Waals surface area contributed by atoms with Crippen LogP contribution in [0.15, 0.2) is 42.5 Å². The molecule has 1 amide bonds. The Morgan fingerprint density at radius 3 is 2.78 bits per heavy atom. The standard InChI is InChI=1S/C19H20N2O2/c1-12-7-8-15-14(9-10-23-19(15)13(12)2)11-18(22)21-17-6-4-3-5-16(17)20/h3-8,11H,9-10,20H2,1-2H3,(H,21,22)/b14-11+. The lowest BCUT2D eigenvalue weighted by molar-refractivity contribution is -0.111. The van der Waals surface area contributed by atoms with Gasteiger partial charge < -0.3 is 15.8 Å². The molecule has 4 nitrogen and oxygen atoms in total. The summed E-state index contributed by atoms with van der Waals surface area (Å²) in [5.74, 6) is 0.707. The first-order valence-electron chi connectivity index (χ1n) is 7.65. The number of aryl methyl sites for hydroxylation is 1. The lowest BCUT2D eigenvalue weighted by Gasteiger charge is -2.23. The van der Waals surface area contributed by atoms with Crippen LogP contribution in [0.25, 0.3) is 5.57 Å². The summed E-state index contributed by atoms with van der Waals surface area (Å²) in [4.78, 5) is 12.3. The van der Waals surface area contributed by atoms with E-state index in [0.29, 0.717) is 24.4 Å². The third-order valence-corrected chi connectivity index (χ3v) is 4.16. The van der Waals surface area contributed by atoms with Crippen molar-refractivity contribution in [1.29, 1.82) is 0 Å². The molecule has 1 heterocycles. The van der Waals surface area contributed by atoms with E-state index in [1.54, 1.807) is 18.2 Å². The highest BCUT2D eigenvalue weighted by Gasteiger charge is 2.19. The summed E-state index contributed by atoms with van der Waals surface area (Å²) < 4.78 is 5.79. The number of nitrogens with one attached hydrogen (secondary N) is 1. The summed E-state index contributed by atoms with van der Waals surface area (Å²) in [6.07, 6.45) is 2.36. The third kappa shape index (κ3) is 3.06. The van der Waals surface area contributed by atoms with Crippen molar-refractivity contribution in [3.05, 3.63) is 59.2 Å². The van der Waals surface area contributed by atoms with E-state index >= 15 is 0 Å². The predicted molar refractivity (Wildman–Crippen MR) is 93.5 cm³/mol. The molecule has 4 heteroatoms. The number of benzene rings is 2. The van der Waals surface area contributed by atoms with Gasteiger partial charge in [0.25, 0.3) is 0 Å². The van der Waals surface area contributed by atoms with E-state index in [1.807, 2.05) is 25.1 Å². The van der Waals surface area contributed by atoms with E-state index in [0.717, 1.165) is 22.4 Å². The van der Waals surface area contributed by atoms with Gasteiger partial charge in [0.15, 0.2) is 0 Å². The molecule has 23 heavy (non-hydrogen) atoms. The van der Waals surface area contributed by atoms with E-state index in [4.69, 9.17) is 10.5 Å². The van der Waals surface area contributed by atoms with E-state index in [-0.39, 0.29) is 5.91 Å². The van der Waals surface area contributed by atoms with Crippen LogP contribution in [0, 0.1) is 13.8 Å². The molecule has 0 aromatic heterocycles. The Morgan fingerprint density at radius 2 is 2.00 bits per heavy atom. The Morgan fingerprint density at radius 1 is 1.22 bits per heavy atom. The molecule has 0 aliphatic carbocycles. The molecule has 1 aliphatic heterocycles. The van der Waals surface area contributed by atoms with Gasteiger partial charge >= 0.3 is 0 Å². The van der Waals surface area contributed by atoms with Crippen LogP contribution in [-0.2, 0) is 4.79 Å². The van der Waals surface area contributed by atoms with Gasteiger partial charge in [-0.25, -0.2) is 0 Å². The van der Waals surface area contributed by atoms with Crippen LogP contribution in [-0.4, -0.2) is 12.5 Å². The average Bonchev–Trinajstić information content (AvgIpc) is 2.54. The van der Waals surface area contributed by atoms with Crippen LogP contribution in [0.3, 0.4) is 0 Å². The van der Waals surface area contributed by atoms with Crippen molar-refractivity contribution >= 4 is 22.9 Å². The molecule has 0 saturated carbocycles. The number of anilines is 2. The minimum absolute atomic E-state index is 0.177. The zero-order chi connectivity index (χ0) is 16.4. The van der Waals surface area contributed by atoms with Gasteiger partial charge in [0, 0.05) is 18.1 Å². The number of hydrogen-bond acceptors (Lipinski definition) is 3. The number of rotatable bonds is 2. The number of carbonyl (C=O) groups excluding carboxylic acids is 1. The van der Waals surface area contributed by atoms with Crippen molar-refractivity contribution in [3.8, 4) is 5.75 Å². The van der Waals surface area contributed by atoms with E-state index < -0.39 is 0 Å². The molecule has 0 bridgehead atoms. The third-order valence-electron chi connectivity index (χ3n) is 4.16. The molecule has 1 aliphatic rings. The number of hydrogen-bond donors (Lipinski definition) is 2. The second-order valence-electron chi connectivity index (χ2n) is 5.73. The summed E-state index contributed by atoms with van der Waals surface area (Å²) >= 11 is 0. The first-order chi connectivity index (χ1) is 11.1. The first kappa shape index (κ1) is 15.2. The summed E-state index contributed by atoms with van der Waals surface area (Å²) in [6.45, 7) is 4.69. The zero-order valence-corrected chi connectivity index (χ0v) is 13.3. The van der Waals surface area contributed by atoms with Crippen molar-refractivity contribution in [2.24, 2.45) is 0 Å². The zero-order valence-electron chi connectivity index (χ0n) is 13.3. The molecule has 0 fully saturated rings. The fraction of sp³-hybridized carbons (Fsp3) is 0.211. The first-order valence-corrected chi connectivity index (χ1v) is 7.65. The van der Waals surface area contributed by atoms with Crippen LogP contribution in [0.1, 0.15) is 23.1 Å². The number of para-hydroxylation sites is 2. The summed E-state index contributed by atoms with van der Waals surface area (Å²) in [7, 11) is 0. The monoisotopic (exact) mass is 308 g/mol. The number of carbonyl (C=O) groups is 1. The number of nitrogen functional groups attached to an aromatic ring is 1. The van der Waals surface area contributed by atoms with Crippen LogP contribution in [0.5, 0.6) is 5.75 Å². The van der Waals surface area contributed by atoms with Gasteiger partial charge in [-0.05, 0) is 42.7 Å². The number of nitrogens with two attached hydrogens (primary N) is 1. The highest BCUT2D eigenvalue weighted by Crippen LogP contribution is 2.36. The molecular weight excluding hydrogens is 288 g/mol. The second kappa shape index (κ2) is 6.16. The average molecular weight is 308 g/mol. The molecular formula is C19H20N2O2. The highest BCUT2D eigenvalue weighted by atomic mass is 16.5. The maximum absolute atomic E-state index is 12.3. The molecule has 0 radical (unpaired) electrons. The quantitative estimate of drug-likeness (QED) is 0.657.